The van der Waals surface area contributed by atoms with Crippen LogP contribution in [0.15, 0.2) is 54.6 Å². The number of fused-ring (bicyclic) bond motifs is 4. The molecule has 1 amide bonds. The Morgan fingerprint density at radius 1 is 1.00 bits per heavy atom. The van der Waals surface area contributed by atoms with Crippen LogP contribution in [0.3, 0.4) is 0 Å². The number of nitrogens with zero attached hydrogens (tertiary/aromatic N) is 2. The number of hydrogen-bond donors (Lipinski definition) is 1. The number of rotatable bonds is 2. The first-order valence-electron chi connectivity index (χ1n) is 10.2. The smallest absolute Gasteiger partial charge is 0.412 e. The van der Waals surface area contributed by atoms with E-state index < -0.39 is 11.8 Å². The van der Waals surface area contributed by atoms with Crippen molar-refractivity contribution in [2.75, 3.05) is 26.2 Å². The van der Waals surface area contributed by atoms with Crippen molar-refractivity contribution in [2.24, 2.45) is 5.92 Å². The summed E-state index contributed by atoms with van der Waals surface area (Å²) in [6.45, 7) is 3.44. The van der Waals surface area contributed by atoms with Gasteiger partial charge in [-0.15, -0.1) is 0 Å². The Balaban J connectivity index is 1.48. The van der Waals surface area contributed by atoms with Crippen molar-refractivity contribution in [3.63, 3.8) is 0 Å². The summed E-state index contributed by atoms with van der Waals surface area (Å²) in [5, 5.41) is 11.9. The highest BCUT2D eigenvalue weighted by atomic mass is 16.6. The van der Waals surface area contributed by atoms with Crippen LogP contribution < -0.4 is 0 Å². The van der Waals surface area contributed by atoms with Gasteiger partial charge in [0.05, 0.1) is 0 Å². The molecule has 2 bridgehead atoms. The van der Waals surface area contributed by atoms with Gasteiger partial charge in [-0.25, -0.2) is 4.79 Å². The zero-order valence-corrected chi connectivity index (χ0v) is 16.0. The first kappa shape index (κ1) is 17.7. The second kappa shape index (κ2) is 6.90. The van der Waals surface area contributed by atoms with Gasteiger partial charge in [-0.05, 0) is 43.8 Å². The molecule has 2 aromatic carbocycles. The van der Waals surface area contributed by atoms with E-state index in [0.717, 1.165) is 43.6 Å². The standard InChI is InChI=1S/C23H26N2O3/c26-22(28-21-16-24-13-10-18(21)11-14-24)25-15-12-17-6-4-5-9-20(17)23(25,27)19-7-2-1-3-8-19/h1-9,18,21,27H,10-16H2/t21?,23-/m0/s1. The van der Waals surface area contributed by atoms with E-state index in [-0.39, 0.29) is 6.10 Å². The van der Waals surface area contributed by atoms with Crippen molar-refractivity contribution in [1.29, 1.82) is 0 Å². The topological polar surface area (TPSA) is 53.0 Å². The minimum Gasteiger partial charge on any atom is -0.444 e. The van der Waals surface area contributed by atoms with Crippen molar-refractivity contribution in [2.45, 2.75) is 31.1 Å². The molecule has 0 aliphatic carbocycles. The number of aliphatic hydroxyl groups is 1. The lowest BCUT2D eigenvalue weighted by atomic mass is 9.84. The first-order valence-corrected chi connectivity index (χ1v) is 10.2. The highest BCUT2D eigenvalue weighted by Crippen LogP contribution is 2.40. The summed E-state index contributed by atoms with van der Waals surface area (Å²) >= 11 is 0. The molecular formula is C23H26N2O3. The lowest BCUT2D eigenvalue weighted by molar-refractivity contribution is -0.101. The van der Waals surface area contributed by atoms with Gasteiger partial charge < -0.3 is 9.84 Å². The molecule has 146 valence electrons. The maximum Gasteiger partial charge on any atom is 0.412 e. The summed E-state index contributed by atoms with van der Waals surface area (Å²) < 4.78 is 5.98. The molecule has 4 aliphatic heterocycles. The summed E-state index contributed by atoms with van der Waals surface area (Å²) in [6.07, 6.45) is 2.39. The molecule has 4 aliphatic rings. The van der Waals surface area contributed by atoms with E-state index in [1.807, 2.05) is 54.6 Å². The normalized spacial score (nSPS) is 31.3. The molecule has 2 aromatic rings. The fourth-order valence-electron chi connectivity index (χ4n) is 5.06. The fourth-order valence-corrected chi connectivity index (χ4v) is 5.06. The van der Waals surface area contributed by atoms with Crippen LogP contribution in [0.25, 0.3) is 0 Å². The van der Waals surface area contributed by atoms with Gasteiger partial charge in [0.25, 0.3) is 0 Å². The van der Waals surface area contributed by atoms with Gasteiger partial charge in [0.2, 0.25) is 0 Å². The molecule has 6 rings (SSSR count). The SMILES string of the molecule is O=C(OC1CN2CCC1CC2)N1CCc2ccccc2[C@@]1(O)c1ccccc1. The summed E-state index contributed by atoms with van der Waals surface area (Å²) in [4.78, 5) is 17.2. The van der Waals surface area contributed by atoms with Crippen LogP contribution in [0.2, 0.25) is 0 Å². The predicted octanol–water partition coefficient (Wildman–Crippen LogP) is 2.97. The number of piperidine rings is 3. The number of carbonyl (C=O) groups is 1. The lowest BCUT2D eigenvalue weighted by Gasteiger charge is -2.47. The first-order chi connectivity index (χ1) is 13.7. The monoisotopic (exact) mass is 378 g/mol. The van der Waals surface area contributed by atoms with Crippen LogP contribution in [0.5, 0.6) is 0 Å². The molecule has 0 radical (unpaired) electrons. The van der Waals surface area contributed by atoms with E-state index in [1.54, 1.807) is 0 Å². The van der Waals surface area contributed by atoms with Crippen molar-refractivity contribution in [1.82, 2.24) is 9.80 Å². The zero-order valence-electron chi connectivity index (χ0n) is 16.0. The molecular weight excluding hydrogens is 352 g/mol. The van der Waals surface area contributed by atoms with Crippen LogP contribution in [-0.2, 0) is 16.9 Å². The minimum absolute atomic E-state index is 0.0767. The maximum atomic E-state index is 13.3. The van der Waals surface area contributed by atoms with E-state index in [1.165, 1.54) is 4.90 Å². The molecule has 5 heteroatoms. The van der Waals surface area contributed by atoms with E-state index in [9.17, 15) is 9.90 Å². The number of carbonyl (C=O) groups excluding carboxylic acids is 1. The number of benzene rings is 2. The largest absolute Gasteiger partial charge is 0.444 e. The Morgan fingerprint density at radius 2 is 1.71 bits per heavy atom. The number of hydrogen-bond acceptors (Lipinski definition) is 4. The molecule has 3 saturated heterocycles. The Morgan fingerprint density at radius 3 is 2.43 bits per heavy atom. The Hall–Kier alpha value is -2.37. The van der Waals surface area contributed by atoms with Crippen molar-refractivity contribution in [3.8, 4) is 0 Å². The number of amides is 1. The summed E-state index contributed by atoms with van der Waals surface area (Å²) in [5.41, 5.74) is 1.01. The third kappa shape index (κ3) is 2.81. The predicted molar refractivity (Wildman–Crippen MR) is 106 cm³/mol. The molecule has 2 atom stereocenters. The van der Waals surface area contributed by atoms with Gasteiger partial charge in [-0.1, -0.05) is 54.6 Å². The van der Waals surface area contributed by atoms with Crippen LogP contribution in [-0.4, -0.2) is 53.3 Å². The minimum atomic E-state index is -1.51. The van der Waals surface area contributed by atoms with E-state index in [0.29, 0.717) is 24.4 Å². The summed E-state index contributed by atoms with van der Waals surface area (Å²) in [6, 6.07) is 17.3. The van der Waals surface area contributed by atoms with Crippen molar-refractivity contribution >= 4 is 6.09 Å². The third-order valence-corrected chi connectivity index (χ3v) is 6.63. The van der Waals surface area contributed by atoms with Crippen LogP contribution in [0, 0.1) is 5.92 Å². The highest BCUT2D eigenvalue weighted by molar-refractivity contribution is 5.71. The molecule has 28 heavy (non-hydrogen) atoms. The van der Waals surface area contributed by atoms with Crippen LogP contribution >= 0.6 is 0 Å². The Bertz CT molecular complexity index is 863. The molecule has 1 unspecified atom stereocenters. The van der Waals surface area contributed by atoms with Gasteiger partial charge in [-0.3, -0.25) is 9.80 Å². The Labute approximate surface area is 165 Å². The molecule has 0 spiro atoms. The molecule has 3 fully saturated rings. The van der Waals surface area contributed by atoms with Crippen LogP contribution in [0.4, 0.5) is 4.79 Å². The van der Waals surface area contributed by atoms with Gasteiger partial charge in [0.15, 0.2) is 5.72 Å². The average Bonchev–Trinajstić information content (AvgIpc) is 2.75. The van der Waals surface area contributed by atoms with E-state index >= 15 is 0 Å². The quantitative estimate of drug-likeness (QED) is 0.873. The highest BCUT2D eigenvalue weighted by Gasteiger charge is 2.47. The average molecular weight is 378 g/mol. The fraction of sp³-hybridized carbons (Fsp3) is 0.435. The van der Waals surface area contributed by atoms with Gasteiger partial charge in [0.1, 0.15) is 6.10 Å². The second-order valence-electron chi connectivity index (χ2n) is 8.16. The van der Waals surface area contributed by atoms with E-state index in [4.69, 9.17) is 4.74 Å². The molecule has 4 heterocycles. The summed E-state index contributed by atoms with van der Waals surface area (Å²) in [5.74, 6) is 0.441. The van der Waals surface area contributed by atoms with Crippen molar-refractivity contribution in [3.05, 3.63) is 71.3 Å². The Kier molecular flexibility index (Phi) is 4.37. The third-order valence-electron chi connectivity index (χ3n) is 6.63. The van der Waals surface area contributed by atoms with Gasteiger partial charge in [-0.2, -0.15) is 0 Å². The molecule has 1 N–H and O–H groups in total. The second-order valence-corrected chi connectivity index (χ2v) is 8.16. The van der Waals surface area contributed by atoms with Crippen LogP contribution in [0.1, 0.15) is 29.5 Å². The van der Waals surface area contributed by atoms with Gasteiger partial charge >= 0.3 is 6.09 Å². The molecule has 5 nitrogen and oxygen atoms in total. The van der Waals surface area contributed by atoms with E-state index in [2.05, 4.69) is 4.90 Å². The molecule has 0 aromatic heterocycles. The van der Waals surface area contributed by atoms with Gasteiger partial charge in [0, 0.05) is 24.2 Å². The summed E-state index contributed by atoms with van der Waals surface area (Å²) in [7, 11) is 0. The van der Waals surface area contributed by atoms with Crippen molar-refractivity contribution < 1.29 is 14.6 Å². The zero-order chi connectivity index (χ0) is 19.1. The number of ether oxygens (including phenoxy) is 1. The molecule has 0 saturated carbocycles. The maximum absolute atomic E-state index is 13.3. The lowest BCUT2D eigenvalue weighted by Crippen LogP contribution is -2.57.